The molecule has 0 aliphatic heterocycles. The van der Waals surface area contributed by atoms with Gasteiger partial charge < -0.3 is 9.97 Å². The Balaban J connectivity index is 2.27. The number of imidazole rings is 1. The normalized spacial score (nSPS) is 12.6. The van der Waals surface area contributed by atoms with Crippen molar-refractivity contribution in [2.75, 3.05) is 0 Å². The van der Waals surface area contributed by atoms with Gasteiger partial charge in [0.15, 0.2) is 0 Å². The highest BCUT2D eigenvalue weighted by Crippen LogP contribution is 2.35. The van der Waals surface area contributed by atoms with E-state index in [4.69, 9.17) is 0 Å². The molecule has 0 saturated heterocycles. The monoisotopic (exact) mass is 457 g/mol. The molecule has 0 aliphatic rings. The fourth-order valence-electron chi connectivity index (χ4n) is 2.79. The SMILES string of the molecule is C=C/C=C(F)\C(=C(/C)P)c1nc(-c2cc[nH]c(=O)c2)c(-c2ccc(Br)cc2)[nH]1. The van der Waals surface area contributed by atoms with Crippen molar-refractivity contribution in [3.63, 3.8) is 0 Å². The van der Waals surface area contributed by atoms with Crippen LogP contribution in [0.2, 0.25) is 0 Å². The predicted molar refractivity (Wildman–Crippen MR) is 119 cm³/mol. The van der Waals surface area contributed by atoms with Gasteiger partial charge in [0.05, 0.1) is 17.0 Å². The number of allylic oxidation sites excluding steroid dienone is 5. The molecule has 0 radical (unpaired) electrons. The molecule has 1 atom stereocenters. The maximum Gasteiger partial charge on any atom is 0.248 e. The topological polar surface area (TPSA) is 61.5 Å². The van der Waals surface area contributed by atoms with E-state index >= 15 is 0 Å². The second-order valence-corrected chi connectivity index (χ2v) is 7.85. The number of nitrogens with zero attached hydrogens (tertiary/aromatic N) is 1. The molecule has 142 valence electrons. The Kier molecular flexibility index (Phi) is 6.22. The Morgan fingerprint density at radius 3 is 2.57 bits per heavy atom. The van der Waals surface area contributed by atoms with E-state index in [0.29, 0.717) is 33.7 Å². The van der Waals surface area contributed by atoms with E-state index in [1.54, 1.807) is 19.2 Å². The zero-order valence-corrected chi connectivity index (χ0v) is 17.8. The molecule has 2 heterocycles. The number of hydrogen-bond acceptors (Lipinski definition) is 2. The molecular weight excluding hydrogens is 440 g/mol. The van der Waals surface area contributed by atoms with Crippen LogP contribution in [-0.2, 0) is 0 Å². The first kappa shape index (κ1) is 20.2. The lowest BCUT2D eigenvalue weighted by Gasteiger charge is -2.04. The third-order valence-corrected chi connectivity index (χ3v) is 4.84. The highest BCUT2D eigenvalue weighted by molar-refractivity contribution is 9.10. The van der Waals surface area contributed by atoms with Crippen molar-refractivity contribution in [3.05, 3.63) is 93.1 Å². The van der Waals surface area contributed by atoms with Gasteiger partial charge in [-0.2, -0.15) is 0 Å². The van der Waals surface area contributed by atoms with E-state index in [2.05, 4.69) is 46.7 Å². The summed E-state index contributed by atoms with van der Waals surface area (Å²) in [5.41, 5.74) is 2.87. The van der Waals surface area contributed by atoms with Crippen molar-refractivity contribution in [2.45, 2.75) is 6.92 Å². The summed E-state index contributed by atoms with van der Waals surface area (Å²) < 4.78 is 15.6. The molecule has 0 aliphatic carbocycles. The van der Waals surface area contributed by atoms with E-state index in [0.717, 1.165) is 10.0 Å². The standard InChI is InChI=1S/C21H18BrFN3OP/c1-3-4-16(23)18(12(2)28)21-25-19(13-5-7-15(22)8-6-13)20(26-21)14-9-10-24-17(27)11-14/h3-11H,1,28H2,2H3,(H,24,27)(H,25,26)/b16-4+,18-12-. The summed E-state index contributed by atoms with van der Waals surface area (Å²) in [4.78, 5) is 22.3. The van der Waals surface area contributed by atoms with Crippen LogP contribution in [0.1, 0.15) is 12.7 Å². The highest BCUT2D eigenvalue weighted by Gasteiger charge is 2.19. The zero-order valence-electron chi connectivity index (χ0n) is 15.1. The Morgan fingerprint density at radius 1 is 1.25 bits per heavy atom. The number of hydrogen-bond donors (Lipinski definition) is 2. The summed E-state index contributed by atoms with van der Waals surface area (Å²) in [6, 6.07) is 10.9. The lowest BCUT2D eigenvalue weighted by atomic mass is 10.1. The molecule has 28 heavy (non-hydrogen) atoms. The van der Waals surface area contributed by atoms with E-state index in [1.165, 1.54) is 18.2 Å². The first-order valence-corrected chi connectivity index (χ1v) is 9.78. The van der Waals surface area contributed by atoms with Gasteiger partial charge in [0, 0.05) is 27.9 Å². The minimum Gasteiger partial charge on any atom is -0.337 e. The largest absolute Gasteiger partial charge is 0.337 e. The molecule has 0 bridgehead atoms. The number of nitrogens with one attached hydrogen (secondary N) is 2. The van der Waals surface area contributed by atoms with Crippen LogP contribution in [0, 0.1) is 0 Å². The first-order chi connectivity index (χ1) is 13.4. The van der Waals surface area contributed by atoms with Gasteiger partial charge in [-0.1, -0.05) is 40.7 Å². The average molecular weight is 458 g/mol. The fourth-order valence-corrected chi connectivity index (χ4v) is 3.33. The van der Waals surface area contributed by atoms with Gasteiger partial charge >= 0.3 is 0 Å². The van der Waals surface area contributed by atoms with E-state index in [-0.39, 0.29) is 5.56 Å². The van der Waals surface area contributed by atoms with E-state index in [1.807, 2.05) is 24.3 Å². The van der Waals surface area contributed by atoms with E-state index in [9.17, 15) is 9.18 Å². The first-order valence-electron chi connectivity index (χ1n) is 8.41. The maximum absolute atomic E-state index is 14.7. The Labute approximate surface area is 172 Å². The van der Waals surface area contributed by atoms with Crippen molar-refractivity contribution in [1.82, 2.24) is 15.0 Å². The minimum atomic E-state index is -0.448. The molecule has 0 spiro atoms. The van der Waals surface area contributed by atoms with E-state index < -0.39 is 5.83 Å². The van der Waals surface area contributed by atoms with Crippen LogP contribution in [0.3, 0.4) is 0 Å². The lowest BCUT2D eigenvalue weighted by Crippen LogP contribution is -2.02. The molecule has 0 fully saturated rings. The molecule has 0 saturated carbocycles. The molecule has 2 N–H and O–H groups in total. The van der Waals surface area contributed by atoms with Crippen LogP contribution >= 0.6 is 25.2 Å². The van der Waals surface area contributed by atoms with Gasteiger partial charge in [-0.25, -0.2) is 9.37 Å². The van der Waals surface area contributed by atoms with Crippen LogP contribution in [0.4, 0.5) is 4.39 Å². The summed E-state index contributed by atoms with van der Waals surface area (Å²) in [6.07, 6.45) is 4.24. The quantitative estimate of drug-likeness (QED) is 0.373. The fraction of sp³-hybridized carbons (Fsp3) is 0.0476. The van der Waals surface area contributed by atoms with Crippen LogP contribution in [0.5, 0.6) is 0 Å². The molecule has 4 nitrogen and oxygen atoms in total. The molecule has 1 unspecified atom stereocenters. The minimum absolute atomic E-state index is 0.237. The van der Waals surface area contributed by atoms with Gasteiger partial charge in [-0.15, -0.1) is 9.24 Å². The van der Waals surface area contributed by atoms with Gasteiger partial charge in [-0.05, 0) is 36.5 Å². The summed E-state index contributed by atoms with van der Waals surface area (Å²) >= 11 is 3.43. The Hall–Kier alpha value is -2.56. The summed E-state index contributed by atoms with van der Waals surface area (Å²) in [6.45, 7) is 5.34. The number of aromatic amines is 2. The van der Waals surface area contributed by atoms with Gasteiger partial charge in [-0.3, -0.25) is 4.79 Å². The summed E-state index contributed by atoms with van der Waals surface area (Å²) in [5.74, 6) is -0.0765. The maximum atomic E-state index is 14.7. The molecule has 3 aromatic rings. The zero-order chi connectivity index (χ0) is 20.3. The number of aromatic nitrogens is 3. The molecular formula is C21H18BrFN3OP. The average Bonchev–Trinajstić information content (AvgIpc) is 3.07. The summed E-state index contributed by atoms with van der Waals surface area (Å²) in [7, 11) is 2.50. The molecule has 3 rings (SSSR count). The second-order valence-electron chi connectivity index (χ2n) is 6.07. The van der Waals surface area contributed by atoms with Crippen molar-refractivity contribution < 1.29 is 4.39 Å². The molecule has 0 amide bonds. The summed E-state index contributed by atoms with van der Waals surface area (Å²) in [5, 5.41) is 0.684. The van der Waals surface area contributed by atoms with Crippen LogP contribution < -0.4 is 5.56 Å². The van der Waals surface area contributed by atoms with Crippen molar-refractivity contribution in [2.24, 2.45) is 0 Å². The number of pyridine rings is 1. The number of rotatable bonds is 5. The number of benzene rings is 1. The second kappa shape index (κ2) is 8.63. The third-order valence-electron chi connectivity index (χ3n) is 4.02. The van der Waals surface area contributed by atoms with Crippen molar-refractivity contribution in [1.29, 1.82) is 0 Å². The van der Waals surface area contributed by atoms with Crippen LogP contribution in [0.25, 0.3) is 28.1 Å². The Bertz CT molecular complexity index is 1140. The molecule has 2 aromatic heterocycles. The highest BCUT2D eigenvalue weighted by atomic mass is 79.9. The van der Waals surface area contributed by atoms with Crippen molar-refractivity contribution >= 4 is 30.7 Å². The predicted octanol–water partition coefficient (Wildman–Crippen LogP) is 5.84. The van der Waals surface area contributed by atoms with Gasteiger partial charge in [0.2, 0.25) is 5.56 Å². The van der Waals surface area contributed by atoms with Gasteiger partial charge in [0.25, 0.3) is 0 Å². The Morgan fingerprint density at radius 2 is 1.96 bits per heavy atom. The van der Waals surface area contributed by atoms with Crippen LogP contribution in [0.15, 0.2) is 81.7 Å². The third kappa shape index (κ3) is 4.29. The smallest absolute Gasteiger partial charge is 0.248 e. The van der Waals surface area contributed by atoms with Gasteiger partial charge in [0.1, 0.15) is 11.7 Å². The number of halogens is 2. The molecule has 7 heteroatoms. The number of H-pyrrole nitrogens is 2. The van der Waals surface area contributed by atoms with Crippen molar-refractivity contribution in [3.8, 4) is 22.5 Å². The lowest BCUT2D eigenvalue weighted by molar-refractivity contribution is 0.672. The molecule has 1 aromatic carbocycles. The van der Waals surface area contributed by atoms with Crippen LogP contribution in [-0.4, -0.2) is 15.0 Å².